The molecule has 0 spiro atoms. The molecule has 1 aliphatic carbocycles. The molecular formula is C25H35N5O6S. The summed E-state index contributed by atoms with van der Waals surface area (Å²) in [6.07, 6.45) is 2.27. The third-order valence-corrected chi connectivity index (χ3v) is 8.33. The summed E-state index contributed by atoms with van der Waals surface area (Å²) in [5.41, 5.74) is 0.891. The van der Waals surface area contributed by atoms with Gasteiger partial charge in [0.1, 0.15) is 11.6 Å². The maximum atomic E-state index is 13.5. The van der Waals surface area contributed by atoms with Crippen molar-refractivity contribution >= 4 is 15.5 Å². The molecule has 37 heavy (non-hydrogen) atoms. The summed E-state index contributed by atoms with van der Waals surface area (Å²) in [5.74, 6) is 1.46. The highest BCUT2D eigenvalue weighted by Crippen LogP contribution is 2.35. The smallest absolute Gasteiger partial charge is 0.277 e. The van der Waals surface area contributed by atoms with E-state index in [1.807, 2.05) is 0 Å². The lowest BCUT2D eigenvalue weighted by Crippen LogP contribution is -2.40. The van der Waals surface area contributed by atoms with Gasteiger partial charge in [-0.1, -0.05) is 12.8 Å². The minimum Gasteiger partial charge on any atom is -0.493 e. The van der Waals surface area contributed by atoms with Gasteiger partial charge in [-0.25, -0.2) is 17.9 Å². The highest BCUT2D eigenvalue weighted by atomic mass is 32.2. The first kappa shape index (κ1) is 27.2. The predicted octanol–water partition coefficient (Wildman–Crippen LogP) is 2.20. The molecule has 0 aliphatic heterocycles. The van der Waals surface area contributed by atoms with E-state index in [0.717, 1.165) is 35.8 Å². The van der Waals surface area contributed by atoms with Gasteiger partial charge >= 0.3 is 0 Å². The lowest BCUT2D eigenvalue weighted by Gasteiger charge is -2.25. The summed E-state index contributed by atoms with van der Waals surface area (Å²) in [6.45, 7) is 6.49. The Morgan fingerprint density at radius 3 is 2.43 bits per heavy atom. The van der Waals surface area contributed by atoms with Gasteiger partial charge in [-0.3, -0.25) is 4.79 Å². The fraction of sp³-hybridized carbons (Fsp3) is 0.560. The number of aromatic nitrogens is 4. The van der Waals surface area contributed by atoms with Gasteiger partial charge in [0.05, 0.1) is 35.0 Å². The summed E-state index contributed by atoms with van der Waals surface area (Å²) in [6, 6.07) is 4.33. The van der Waals surface area contributed by atoms with E-state index in [1.54, 1.807) is 18.4 Å². The van der Waals surface area contributed by atoms with Crippen LogP contribution < -0.4 is 10.3 Å². The van der Waals surface area contributed by atoms with Crippen molar-refractivity contribution in [3.05, 3.63) is 40.1 Å². The zero-order chi connectivity index (χ0) is 26.9. The molecule has 0 saturated heterocycles. The normalized spacial score (nSPS) is 16.5. The molecule has 2 unspecified atom stereocenters. The van der Waals surface area contributed by atoms with Gasteiger partial charge in [-0.05, 0) is 58.7 Å². The maximum absolute atomic E-state index is 13.5. The lowest BCUT2D eigenvalue weighted by atomic mass is 10.1. The van der Waals surface area contributed by atoms with Crippen LogP contribution in [0.1, 0.15) is 63.9 Å². The van der Waals surface area contributed by atoms with Crippen LogP contribution in [0.2, 0.25) is 0 Å². The Hall–Kier alpha value is -2.80. The van der Waals surface area contributed by atoms with E-state index >= 15 is 0 Å². The number of nitrogens with zero attached hydrogens (tertiary/aromatic N) is 4. The molecule has 0 amide bonds. The minimum atomic E-state index is -4.10. The Kier molecular flexibility index (Phi) is 8.02. The van der Waals surface area contributed by atoms with Crippen molar-refractivity contribution < 1.29 is 23.4 Å². The number of fused-ring (bicyclic) bond motifs is 1. The Morgan fingerprint density at radius 2 is 1.84 bits per heavy atom. The van der Waals surface area contributed by atoms with Crippen LogP contribution >= 0.6 is 0 Å². The SMILES string of the molecule is CCOc1ccc(S(=O)(=O)N(CC(C)O)CC(C)O)cc1-c1nn2c(C3CCCC3)nc(C)c2c(=O)[nH]1. The number of rotatable bonds is 10. The van der Waals surface area contributed by atoms with Crippen molar-refractivity contribution in [1.82, 2.24) is 23.9 Å². The van der Waals surface area contributed by atoms with Crippen LogP contribution in [-0.4, -0.2) is 74.4 Å². The molecule has 4 rings (SSSR count). The maximum Gasteiger partial charge on any atom is 0.277 e. The van der Waals surface area contributed by atoms with Gasteiger partial charge in [0.2, 0.25) is 10.0 Å². The lowest BCUT2D eigenvalue weighted by molar-refractivity contribution is 0.125. The molecule has 2 atom stereocenters. The first-order chi connectivity index (χ1) is 17.5. The van der Waals surface area contributed by atoms with E-state index in [9.17, 15) is 23.4 Å². The molecule has 3 aromatic rings. The quantitative estimate of drug-likeness (QED) is 0.359. The number of ether oxygens (including phenoxy) is 1. The molecule has 202 valence electrons. The van der Waals surface area contributed by atoms with Gasteiger partial charge in [0.15, 0.2) is 11.3 Å². The zero-order valence-electron chi connectivity index (χ0n) is 21.6. The first-order valence-corrected chi connectivity index (χ1v) is 14.1. The number of aryl methyl sites for hydroxylation is 1. The number of aliphatic hydroxyl groups excluding tert-OH is 2. The minimum absolute atomic E-state index is 0.0761. The monoisotopic (exact) mass is 533 g/mol. The molecule has 1 saturated carbocycles. The van der Waals surface area contributed by atoms with Crippen molar-refractivity contribution in [2.45, 2.75) is 76.4 Å². The van der Waals surface area contributed by atoms with Crippen LogP contribution in [-0.2, 0) is 10.0 Å². The predicted molar refractivity (Wildman–Crippen MR) is 138 cm³/mol. The Bertz CT molecular complexity index is 1410. The molecule has 11 nitrogen and oxygen atoms in total. The van der Waals surface area contributed by atoms with E-state index in [2.05, 4.69) is 9.97 Å². The summed E-state index contributed by atoms with van der Waals surface area (Å²) >= 11 is 0. The Morgan fingerprint density at radius 1 is 1.19 bits per heavy atom. The Labute approximate surface area is 216 Å². The number of nitrogens with one attached hydrogen (secondary N) is 1. The molecule has 12 heteroatoms. The van der Waals surface area contributed by atoms with E-state index < -0.39 is 22.2 Å². The first-order valence-electron chi connectivity index (χ1n) is 12.7. The molecule has 1 aromatic carbocycles. The van der Waals surface area contributed by atoms with Gasteiger partial charge in [-0.2, -0.15) is 4.31 Å². The number of aromatic amines is 1. The number of benzene rings is 1. The van der Waals surface area contributed by atoms with Crippen LogP contribution in [0.3, 0.4) is 0 Å². The third kappa shape index (κ3) is 5.57. The van der Waals surface area contributed by atoms with Crippen molar-refractivity contribution in [1.29, 1.82) is 0 Å². The van der Waals surface area contributed by atoms with Gasteiger partial charge < -0.3 is 19.9 Å². The van der Waals surface area contributed by atoms with Crippen LogP contribution in [0.4, 0.5) is 0 Å². The highest BCUT2D eigenvalue weighted by Gasteiger charge is 2.29. The molecule has 1 aliphatic rings. The summed E-state index contributed by atoms with van der Waals surface area (Å²) in [7, 11) is -4.10. The molecular weight excluding hydrogens is 498 g/mol. The van der Waals surface area contributed by atoms with Gasteiger partial charge in [-0.15, -0.1) is 5.10 Å². The number of imidazole rings is 1. The number of sulfonamides is 1. The fourth-order valence-corrected chi connectivity index (χ4v) is 6.54. The summed E-state index contributed by atoms with van der Waals surface area (Å²) in [5, 5.41) is 24.5. The average Bonchev–Trinajstić information content (AvgIpc) is 3.46. The molecule has 2 heterocycles. The van der Waals surface area contributed by atoms with Crippen molar-refractivity contribution in [3.8, 4) is 17.1 Å². The summed E-state index contributed by atoms with van der Waals surface area (Å²) in [4.78, 5) is 20.5. The van der Waals surface area contributed by atoms with Gasteiger partial charge in [0, 0.05) is 19.0 Å². The second-order valence-corrected chi connectivity index (χ2v) is 11.6. The largest absolute Gasteiger partial charge is 0.493 e. The number of aliphatic hydroxyl groups is 2. The molecule has 0 radical (unpaired) electrons. The van der Waals surface area contributed by atoms with Crippen LogP contribution in [0.5, 0.6) is 5.75 Å². The topological polar surface area (TPSA) is 150 Å². The summed E-state index contributed by atoms with van der Waals surface area (Å²) < 4.78 is 35.4. The molecule has 1 fully saturated rings. The molecule has 3 N–H and O–H groups in total. The van der Waals surface area contributed by atoms with Crippen LogP contribution in [0.15, 0.2) is 27.9 Å². The standard InChI is InChI=1S/C25H35N5O6S/c1-5-36-21-11-10-19(37(34,35)29(13-15(2)31)14-16(3)32)12-20(21)23-27-25(33)22-17(4)26-24(30(22)28-23)18-8-6-7-9-18/h10-12,15-16,18,31-32H,5-9,13-14H2,1-4H3,(H,27,28,33). The van der Waals surface area contributed by atoms with E-state index in [0.29, 0.717) is 29.1 Å². The second-order valence-electron chi connectivity index (χ2n) is 9.71. The average molecular weight is 534 g/mol. The van der Waals surface area contributed by atoms with E-state index in [4.69, 9.17) is 9.84 Å². The van der Waals surface area contributed by atoms with Crippen molar-refractivity contribution in [3.63, 3.8) is 0 Å². The fourth-order valence-electron chi connectivity index (χ4n) is 4.91. The zero-order valence-corrected chi connectivity index (χ0v) is 22.5. The van der Waals surface area contributed by atoms with Crippen LogP contribution in [0.25, 0.3) is 16.9 Å². The third-order valence-electron chi connectivity index (χ3n) is 6.50. The van der Waals surface area contributed by atoms with E-state index in [-0.39, 0.29) is 35.3 Å². The van der Waals surface area contributed by atoms with Crippen molar-refractivity contribution in [2.75, 3.05) is 19.7 Å². The molecule has 2 aromatic heterocycles. The number of hydrogen-bond acceptors (Lipinski definition) is 8. The Balaban J connectivity index is 1.88. The van der Waals surface area contributed by atoms with Crippen LogP contribution in [0, 0.1) is 6.92 Å². The highest BCUT2D eigenvalue weighted by molar-refractivity contribution is 7.89. The second kappa shape index (κ2) is 10.9. The van der Waals surface area contributed by atoms with Gasteiger partial charge in [0.25, 0.3) is 5.56 Å². The molecule has 0 bridgehead atoms. The van der Waals surface area contributed by atoms with Crippen molar-refractivity contribution in [2.24, 2.45) is 0 Å². The number of hydrogen-bond donors (Lipinski definition) is 3. The van der Waals surface area contributed by atoms with E-state index in [1.165, 1.54) is 32.0 Å². The number of H-pyrrole nitrogens is 1.